The summed E-state index contributed by atoms with van der Waals surface area (Å²) in [4.78, 5) is 0. The first kappa shape index (κ1) is 36.0. The van der Waals surface area contributed by atoms with Crippen LogP contribution < -0.4 is 0 Å². The molecule has 0 heterocycles. The molecule has 0 radical (unpaired) electrons. The van der Waals surface area contributed by atoms with Crippen LogP contribution in [0.1, 0.15) is 142 Å². The maximum atomic E-state index is 12.2. The molecule has 0 spiro atoms. The van der Waals surface area contributed by atoms with Gasteiger partial charge in [0.2, 0.25) is 0 Å². The van der Waals surface area contributed by atoms with Crippen molar-refractivity contribution in [1.29, 1.82) is 0 Å². The second kappa shape index (κ2) is 29.5. The molecule has 0 saturated carbocycles. The molecule has 0 aliphatic rings. The van der Waals surface area contributed by atoms with Crippen molar-refractivity contribution < 1.29 is 23.9 Å². The van der Waals surface area contributed by atoms with E-state index in [1.54, 1.807) is 0 Å². The fraction of sp³-hybridized carbons (Fsp3) is 1.00. The molecule has 0 aromatic rings. The standard InChI is InChI=1S/C30H62O5S/c1-3-5-7-9-11-13-15-17-23-34-27-29(31)21-19-25-36(33)26-20-22-30(32)28-35-24-18-16-14-12-10-8-6-4-2/h29-32H,3-28H2,1-2H3. The number of unbranched alkanes of at least 4 members (excludes halogenated alkanes) is 14. The molecular weight excluding hydrogens is 472 g/mol. The summed E-state index contributed by atoms with van der Waals surface area (Å²) in [5, 5.41) is 20.1. The zero-order valence-electron chi connectivity index (χ0n) is 24.1. The number of ether oxygens (including phenoxy) is 2. The van der Waals surface area contributed by atoms with Gasteiger partial charge in [-0.3, -0.25) is 4.21 Å². The van der Waals surface area contributed by atoms with E-state index in [2.05, 4.69) is 13.8 Å². The van der Waals surface area contributed by atoms with Gasteiger partial charge >= 0.3 is 0 Å². The highest BCUT2D eigenvalue weighted by Gasteiger charge is 2.09. The number of aliphatic hydroxyl groups is 2. The molecule has 2 unspecified atom stereocenters. The molecule has 36 heavy (non-hydrogen) atoms. The lowest BCUT2D eigenvalue weighted by Crippen LogP contribution is -2.18. The van der Waals surface area contributed by atoms with Gasteiger partial charge in [0, 0.05) is 35.5 Å². The van der Waals surface area contributed by atoms with Crippen molar-refractivity contribution in [2.75, 3.05) is 37.9 Å². The van der Waals surface area contributed by atoms with Crippen LogP contribution in [0.25, 0.3) is 0 Å². The first-order valence-corrected chi connectivity index (χ1v) is 17.0. The van der Waals surface area contributed by atoms with Crippen molar-refractivity contribution in [1.82, 2.24) is 0 Å². The highest BCUT2D eigenvalue weighted by atomic mass is 32.2. The van der Waals surface area contributed by atoms with Crippen molar-refractivity contribution in [2.45, 2.75) is 154 Å². The molecule has 2 atom stereocenters. The van der Waals surface area contributed by atoms with Crippen LogP contribution in [0.3, 0.4) is 0 Å². The molecule has 0 aliphatic heterocycles. The van der Waals surface area contributed by atoms with Gasteiger partial charge in [-0.1, -0.05) is 104 Å². The number of rotatable bonds is 30. The summed E-state index contributed by atoms with van der Waals surface area (Å²) in [6.45, 7) is 6.71. The van der Waals surface area contributed by atoms with Crippen molar-refractivity contribution >= 4 is 10.8 Å². The van der Waals surface area contributed by atoms with Crippen molar-refractivity contribution in [3.05, 3.63) is 0 Å². The van der Waals surface area contributed by atoms with Gasteiger partial charge < -0.3 is 19.7 Å². The molecule has 0 aromatic carbocycles. The zero-order chi connectivity index (χ0) is 26.5. The number of aliphatic hydroxyl groups excluding tert-OH is 2. The Morgan fingerprint density at radius 1 is 0.528 bits per heavy atom. The highest BCUT2D eigenvalue weighted by molar-refractivity contribution is 7.84. The molecule has 0 bridgehead atoms. The second-order valence-corrected chi connectivity index (χ2v) is 12.2. The van der Waals surface area contributed by atoms with Crippen LogP contribution in [0.5, 0.6) is 0 Å². The molecule has 0 amide bonds. The first-order chi connectivity index (χ1) is 17.6. The summed E-state index contributed by atoms with van der Waals surface area (Å²) in [6.07, 6.45) is 22.3. The Morgan fingerprint density at radius 2 is 0.861 bits per heavy atom. The minimum atomic E-state index is -0.886. The summed E-state index contributed by atoms with van der Waals surface area (Å²) in [7, 11) is -0.886. The van der Waals surface area contributed by atoms with E-state index in [0.717, 1.165) is 38.9 Å². The maximum Gasteiger partial charge on any atom is 0.0774 e. The molecule has 2 N–H and O–H groups in total. The monoisotopic (exact) mass is 534 g/mol. The van der Waals surface area contributed by atoms with E-state index in [1.807, 2.05) is 0 Å². The fourth-order valence-corrected chi connectivity index (χ4v) is 5.52. The lowest BCUT2D eigenvalue weighted by Gasteiger charge is -2.12. The van der Waals surface area contributed by atoms with E-state index in [1.165, 1.54) is 89.9 Å². The van der Waals surface area contributed by atoms with E-state index >= 15 is 0 Å². The molecule has 5 nitrogen and oxygen atoms in total. The van der Waals surface area contributed by atoms with E-state index < -0.39 is 23.0 Å². The van der Waals surface area contributed by atoms with Gasteiger partial charge in [-0.25, -0.2) is 0 Å². The zero-order valence-corrected chi connectivity index (χ0v) is 24.9. The predicted molar refractivity (Wildman–Crippen MR) is 155 cm³/mol. The lowest BCUT2D eigenvalue weighted by atomic mass is 10.1. The number of hydrogen-bond acceptors (Lipinski definition) is 5. The molecule has 0 rings (SSSR count). The minimum absolute atomic E-state index is 0.383. The van der Waals surface area contributed by atoms with E-state index in [-0.39, 0.29) is 0 Å². The van der Waals surface area contributed by atoms with Crippen molar-refractivity contribution in [3.8, 4) is 0 Å². The molecule has 6 heteroatoms. The molecule has 0 aliphatic carbocycles. The second-order valence-electron chi connectivity index (χ2n) is 10.5. The fourth-order valence-electron chi connectivity index (χ4n) is 4.34. The van der Waals surface area contributed by atoms with Gasteiger partial charge in [0.1, 0.15) is 0 Å². The third-order valence-electron chi connectivity index (χ3n) is 6.72. The normalized spacial score (nSPS) is 14.2. The summed E-state index contributed by atoms with van der Waals surface area (Å²) >= 11 is 0. The Hall–Kier alpha value is -0.0100. The van der Waals surface area contributed by atoms with Crippen LogP contribution in [0, 0.1) is 0 Å². The Bertz CT molecular complexity index is 411. The summed E-state index contributed by atoms with van der Waals surface area (Å²) in [6, 6.07) is 0. The van der Waals surface area contributed by atoms with Gasteiger partial charge in [-0.05, 0) is 38.5 Å². The quantitative estimate of drug-likeness (QED) is 0.0943. The van der Waals surface area contributed by atoms with Gasteiger partial charge in [0.25, 0.3) is 0 Å². The van der Waals surface area contributed by atoms with Crippen molar-refractivity contribution in [3.63, 3.8) is 0 Å². The minimum Gasteiger partial charge on any atom is -0.391 e. The highest BCUT2D eigenvalue weighted by Crippen LogP contribution is 2.10. The third-order valence-corrected chi connectivity index (χ3v) is 8.21. The van der Waals surface area contributed by atoms with Crippen LogP contribution in [0.15, 0.2) is 0 Å². The van der Waals surface area contributed by atoms with Gasteiger partial charge in [-0.2, -0.15) is 0 Å². The maximum absolute atomic E-state index is 12.2. The predicted octanol–water partition coefficient (Wildman–Crippen LogP) is 7.33. The average Bonchev–Trinajstić information content (AvgIpc) is 2.86. The van der Waals surface area contributed by atoms with Crippen LogP contribution in [0.4, 0.5) is 0 Å². The topological polar surface area (TPSA) is 76.0 Å². The van der Waals surface area contributed by atoms with Gasteiger partial charge in [-0.15, -0.1) is 0 Å². The molecule has 0 saturated heterocycles. The van der Waals surface area contributed by atoms with Crippen LogP contribution >= 0.6 is 0 Å². The Labute approximate surface area is 227 Å². The third kappa shape index (κ3) is 28.6. The Kier molecular flexibility index (Phi) is 29.5. The van der Waals surface area contributed by atoms with E-state index in [4.69, 9.17) is 9.47 Å². The van der Waals surface area contributed by atoms with E-state index in [0.29, 0.717) is 37.6 Å². The van der Waals surface area contributed by atoms with Gasteiger partial charge in [0.05, 0.1) is 25.4 Å². The van der Waals surface area contributed by atoms with Crippen LogP contribution in [-0.4, -0.2) is 64.6 Å². The molecule has 218 valence electrons. The molecular formula is C30H62O5S. The Balaban J connectivity index is 3.40. The van der Waals surface area contributed by atoms with Gasteiger partial charge in [0.15, 0.2) is 0 Å². The van der Waals surface area contributed by atoms with Crippen LogP contribution in [-0.2, 0) is 20.3 Å². The Morgan fingerprint density at radius 3 is 1.22 bits per heavy atom. The number of hydrogen-bond donors (Lipinski definition) is 2. The van der Waals surface area contributed by atoms with Crippen LogP contribution in [0.2, 0.25) is 0 Å². The summed E-state index contributed by atoms with van der Waals surface area (Å²) < 4.78 is 23.4. The SMILES string of the molecule is CCCCCCCCCCOCC(O)CCCS(=O)CCCC(O)COCCCCCCCCCC. The van der Waals surface area contributed by atoms with Crippen molar-refractivity contribution in [2.24, 2.45) is 0 Å². The molecule has 0 fully saturated rings. The average molecular weight is 535 g/mol. The largest absolute Gasteiger partial charge is 0.391 e. The summed E-state index contributed by atoms with van der Waals surface area (Å²) in [5.41, 5.74) is 0. The lowest BCUT2D eigenvalue weighted by molar-refractivity contribution is 0.0307. The smallest absolute Gasteiger partial charge is 0.0774 e. The molecule has 0 aromatic heterocycles. The first-order valence-electron chi connectivity index (χ1n) is 15.5. The summed E-state index contributed by atoms with van der Waals surface area (Å²) in [5.74, 6) is 1.22. The van der Waals surface area contributed by atoms with E-state index in [9.17, 15) is 14.4 Å².